The SMILES string of the molecule is CN=C(NCC(C)C)NCC1CCOc2ccccc21. The molecule has 1 unspecified atom stereocenters. The van der Waals surface area contributed by atoms with Gasteiger partial charge in [0.1, 0.15) is 5.75 Å². The average molecular weight is 275 g/mol. The highest BCUT2D eigenvalue weighted by atomic mass is 16.5. The van der Waals surface area contributed by atoms with E-state index in [-0.39, 0.29) is 0 Å². The van der Waals surface area contributed by atoms with E-state index in [1.54, 1.807) is 0 Å². The Morgan fingerprint density at radius 2 is 2.15 bits per heavy atom. The van der Waals surface area contributed by atoms with Gasteiger partial charge in [0.05, 0.1) is 6.61 Å². The van der Waals surface area contributed by atoms with Crippen molar-refractivity contribution in [1.82, 2.24) is 10.6 Å². The van der Waals surface area contributed by atoms with Crippen molar-refractivity contribution in [3.05, 3.63) is 29.8 Å². The maximum atomic E-state index is 5.69. The van der Waals surface area contributed by atoms with E-state index in [1.807, 2.05) is 19.2 Å². The van der Waals surface area contributed by atoms with Crippen LogP contribution in [0, 0.1) is 5.92 Å². The van der Waals surface area contributed by atoms with Crippen LogP contribution in [0.25, 0.3) is 0 Å². The zero-order valence-electron chi connectivity index (χ0n) is 12.6. The number of nitrogens with one attached hydrogen (secondary N) is 2. The molecular formula is C16H25N3O. The molecule has 0 aliphatic carbocycles. The topological polar surface area (TPSA) is 45.7 Å². The van der Waals surface area contributed by atoms with Gasteiger partial charge in [0.15, 0.2) is 5.96 Å². The normalized spacial score (nSPS) is 18.4. The van der Waals surface area contributed by atoms with Gasteiger partial charge < -0.3 is 15.4 Å². The standard InChI is InChI=1S/C16H25N3O/c1-12(2)10-18-16(17-3)19-11-13-8-9-20-15-7-5-4-6-14(13)15/h4-7,12-13H,8-11H2,1-3H3,(H2,17,18,19). The van der Waals surface area contributed by atoms with Crippen LogP contribution in [0.3, 0.4) is 0 Å². The zero-order valence-corrected chi connectivity index (χ0v) is 12.6. The summed E-state index contributed by atoms with van der Waals surface area (Å²) in [4.78, 5) is 4.26. The summed E-state index contributed by atoms with van der Waals surface area (Å²) in [6, 6.07) is 8.31. The lowest BCUT2D eigenvalue weighted by atomic mass is 9.93. The number of guanidine groups is 1. The van der Waals surface area contributed by atoms with Crippen LogP contribution >= 0.6 is 0 Å². The summed E-state index contributed by atoms with van der Waals surface area (Å²) < 4.78 is 5.69. The van der Waals surface area contributed by atoms with Gasteiger partial charge in [-0.2, -0.15) is 0 Å². The third-order valence-corrected chi connectivity index (χ3v) is 3.50. The second-order valence-corrected chi connectivity index (χ2v) is 5.60. The fourth-order valence-electron chi connectivity index (χ4n) is 2.37. The second-order valence-electron chi connectivity index (χ2n) is 5.60. The van der Waals surface area contributed by atoms with Gasteiger partial charge in [0.25, 0.3) is 0 Å². The Morgan fingerprint density at radius 3 is 2.90 bits per heavy atom. The predicted octanol–water partition coefficient (Wildman–Crippen LogP) is 2.37. The summed E-state index contributed by atoms with van der Waals surface area (Å²) in [5.74, 6) is 2.99. The van der Waals surface area contributed by atoms with Gasteiger partial charge in [0.2, 0.25) is 0 Å². The van der Waals surface area contributed by atoms with Crippen molar-refractivity contribution in [3.8, 4) is 5.75 Å². The molecule has 2 rings (SSSR count). The molecule has 0 radical (unpaired) electrons. The summed E-state index contributed by atoms with van der Waals surface area (Å²) in [6.45, 7) is 6.99. The first-order valence-electron chi connectivity index (χ1n) is 7.37. The maximum absolute atomic E-state index is 5.69. The number of para-hydroxylation sites is 1. The molecular weight excluding hydrogens is 250 g/mol. The van der Waals surface area contributed by atoms with E-state index >= 15 is 0 Å². The van der Waals surface area contributed by atoms with E-state index in [0.717, 1.165) is 37.8 Å². The Kier molecular flexibility index (Phi) is 5.27. The number of ether oxygens (including phenoxy) is 1. The van der Waals surface area contributed by atoms with Crippen molar-refractivity contribution in [2.75, 3.05) is 26.7 Å². The van der Waals surface area contributed by atoms with Crippen LogP contribution in [-0.4, -0.2) is 32.7 Å². The largest absolute Gasteiger partial charge is 0.493 e. The number of fused-ring (bicyclic) bond motifs is 1. The number of nitrogens with zero attached hydrogens (tertiary/aromatic N) is 1. The lowest BCUT2D eigenvalue weighted by Crippen LogP contribution is -2.41. The van der Waals surface area contributed by atoms with Gasteiger partial charge in [-0.05, 0) is 24.0 Å². The summed E-state index contributed by atoms with van der Waals surface area (Å²) in [7, 11) is 1.81. The smallest absolute Gasteiger partial charge is 0.191 e. The Bertz CT molecular complexity index is 457. The van der Waals surface area contributed by atoms with Gasteiger partial charge in [-0.3, -0.25) is 4.99 Å². The van der Waals surface area contributed by atoms with Crippen LogP contribution in [0.4, 0.5) is 0 Å². The molecule has 2 N–H and O–H groups in total. The molecule has 0 spiro atoms. The molecule has 0 fully saturated rings. The van der Waals surface area contributed by atoms with E-state index in [2.05, 4.69) is 41.6 Å². The number of hydrogen-bond donors (Lipinski definition) is 2. The highest BCUT2D eigenvalue weighted by Gasteiger charge is 2.20. The van der Waals surface area contributed by atoms with Gasteiger partial charge in [-0.15, -0.1) is 0 Å². The first kappa shape index (κ1) is 14.7. The number of aliphatic imine (C=N–C) groups is 1. The van der Waals surface area contributed by atoms with Gasteiger partial charge >= 0.3 is 0 Å². The van der Waals surface area contributed by atoms with E-state index < -0.39 is 0 Å². The molecule has 1 atom stereocenters. The summed E-state index contributed by atoms with van der Waals surface area (Å²) in [5, 5.41) is 6.76. The number of benzene rings is 1. The monoisotopic (exact) mass is 275 g/mol. The summed E-state index contributed by atoms with van der Waals surface area (Å²) >= 11 is 0. The molecule has 0 saturated carbocycles. The highest BCUT2D eigenvalue weighted by molar-refractivity contribution is 5.79. The minimum Gasteiger partial charge on any atom is -0.493 e. The summed E-state index contributed by atoms with van der Waals surface area (Å²) in [5.41, 5.74) is 1.30. The van der Waals surface area contributed by atoms with E-state index in [1.165, 1.54) is 5.56 Å². The number of rotatable bonds is 4. The number of hydrogen-bond acceptors (Lipinski definition) is 2. The van der Waals surface area contributed by atoms with Crippen molar-refractivity contribution in [3.63, 3.8) is 0 Å². The molecule has 1 aliphatic rings. The van der Waals surface area contributed by atoms with Crippen LogP contribution in [0.15, 0.2) is 29.3 Å². The van der Waals surface area contributed by atoms with Crippen LogP contribution < -0.4 is 15.4 Å². The van der Waals surface area contributed by atoms with Gasteiger partial charge in [-0.25, -0.2) is 0 Å². The Hall–Kier alpha value is -1.71. The Labute approximate surface area is 121 Å². The Balaban J connectivity index is 1.91. The average Bonchev–Trinajstić information content (AvgIpc) is 2.47. The first-order chi connectivity index (χ1) is 9.70. The molecule has 0 amide bonds. The van der Waals surface area contributed by atoms with Crippen LogP contribution in [0.1, 0.15) is 31.7 Å². The fraction of sp³-hybridized carbons (Fsp3) is 0.562. The van der Waals surface area contributed by atoms with E-state index in [9.17, 15) is 0 Å². The van der Waals surface area contributed by atoms with Crippen molar-refractivity contribution in [2.45, 2.75) is 26.2 Å². The molecule has 0 saturated heterocycles. The first-order valence-corrected chi connectivity index (χ1v) is 7.37. The van der Waals surface area contributed by atoms with Crippen molar-refractivity contribution >= 4 is 5.96 Å². The quantitative estimate of drug-likeness (QED) is 0.655. The molecule has 1 heterocycles. The van der Waals surface area contributed by atoms with Crippen molar-refractivity contribution < 1.29 is 4.74 Å². The summed E-state index contributed by atoms with van der Waals surface area (Å²) in [6.07, 6.45) is 1.05. The minimum atomic E-state index is 0.484. The molecule has 20 heavy (non-hydrogen) atoms. The van der Waals surface area contributed by atoms with Gasteiger partial charge in [-0.1, -0.05) is 32.0 Å². The van der Waals surface area contributed by atoms with E-state index in [4.69, 9.17) is 4.74 Å². The lowest BCUT2D eigenvalue weighted by Gasteiger charge is -2.26. The maximum Gasteiger partial charge on any atom is 0.191 e. The zero-order chi connectivity index (χ0) is 14.4. The predicted molar refractivity (Wildman–Crippen MR) is 83.5 cm³/mol. The third-order valence-electron chi connectivity index (χ3n) is 3.50. The molecule has 1 aromatic rings. The minimum absolute atomic E-state index is 0.484. The Morgan fingerprint density at radius 1 is 1.35 bits per heavy atom. The van der Waals surface area contributed by atoms with Crippen molar-refractivity contribution in [2.24, 2.45) is 10.9 Å². The molecule has 0 bridgehead atoms. The van der Waals surface area contributed by atoms with Crippen molar-refractivity contribution in [1.29, 1.82) is 0 Å². The van der Waals surface area contributed by atoms with Crippen LogP contribution in [-0.2, 0) is 0 Å². The van der Waals surface area contributed by atoms with Crippen LogP contribution in [0.2, 0.25) is 0 Å². The van der Waals surface area contributed by atoms with Crippen LogP contribution in [0.5, 0.6) is 5.75 Å². The molecule has 4 nitrogen and oxygen atoms in total. The fourth-order valence-corrected chi connectivity index (χ4v) is 2.37. The van der Waals surface area contributed by atoms with E-state index in [0.29, 0.717) is 11.8 Å². The molecule has 4 heteroatoms. The molecule has 0 aromatic heterocycles. The molecule has 1 aromatic carbocycles. The molecule has 110 valence electrons. The highest BCUT2D eigenvalue weighted by Crippen LogP contribution is 2.32. The molecule has 1 aliphatic heterocycles. The lowest BCUT2D eigenvalue weighted by molar-refractivity contribution is 0.267. The third kappa shape index (κ3) is 3.89. The van der Waals surface area contributed by atoms with Gasteiger partial charge in [0, 0.05) is 26.1 Å². The second kappa shape index (κ2) is 7.17.